The first-order valence-corrected chi connectivity index (χ1v) is 5.57. The summed E-state index contributed by atoms with van der Waals surface area (Å²) in [6, 6.07) is 5.94. The van der Waals surface area contributed by atoms with Gasteiger partial charge in [0.2, 0.25) is 0 Å². The van der Waals surface area contributed by atoms with Gasteiger partial charge in [-0.05, 0) is 19.0 Å². The zero-order chi connectivity index (χ0) is 10.3. The van der Waals surface area contributed by atoms with Gasteiger partial charge in [-0.15, -0.1) is 0 Å². The van der Waals surface area contributed by atoms with Crippen LogP contribution in [0.15, 0.2) is 18.2 Å². The fourth-order valence-corrected chi connectivity index (χ4v) is 2.45. The van der Waals surface area contributed by atoms with E-state index in [1.807, 2.05) is 12.1 Å². The molecule has 0 saturated carbocycles. The molecule has 2 aromatic rings. The molecule has 0 amide bonds. The molecule has 1 aliphatic heterocycles. The van der Waals surface area contributed by atoms with E-state index in [0.717, 1.165) is 29.0 Å². The predicted octanol–water partition coefficient (Wildman–Crippen LogP) is 2.29. The van der Waals surface area contributed by atoms with Crippen LogP contribution >= 0.6 is 11.6 Å². The molecular formula is C11H12ClN3. The van der Waals surface area contributed by atoms with Crippen molar-refractivity contribution in [2.24, 2.45) is 0 Å². The third kappa shape index (κ3) is 1.43. The molecule has 2 N–H and O–H groups in total. The second-order valence-electron chi connectivity index (χ2n) is 3.96. The summed E-state index contributed by atoms with van der Waals surface area (Å²) in [5, 5.41) is 12.6. The molecule has 3 nitrogen and oxygen atoms in total. The molecule has 0 aliphatic carbocycles. The Labute approximate surface area is 92.8 Å². The number of para-hydroxylation sites is 1. The number of halogens is 1. The van der Waals surface area contributed by atoms with E-state index in [1.165, 1.54) is 12.1 Å². The number of nitrogens with one attached hydrogen (secondary N) is 2. The normalized spacial score (nSPS) is 21.3. The Morgan fingerprint density at radius 1 is 1.40 bits per heavy atom. The molecule has 0 radical (unpaired) electrons. The number of H-pyrrole nitrogens is 1. The van der Waals surface area contributed by atoms with Crippen LogP contribution in [-0.4, -0.2) is 23.3 Å². The van der Waals surface area contributed by atoms with E-state index in [2.05, 4.69) is 21.6 Å². The molecule has 15 heavy (non-hydrogen) atoms. The molecule has 0 spiro atoms. The van der Waals surface area contributed by atoms with Crippen LogP contribution in [-0.2, 0) is 0 Å². The lowest BCUT2D eigenvalue weighted by Gasteiger charge is -2.05. The molecule has 1 fully saturated rings. The average Bonchev–Trinajstić information content (AvgIpc) is 2.85. The van der Waals surface area contributed by atoms with Gasteiger partial charge >= 0.3 is 0 Å². The number of benzene rings is 1. The van der Waals surface area contributed by atoms with Gasteiger partial charge in [0.15, 0.2) is 0 Å². The summed E-state index contributed by atoms with van der Waals surface area (Å²) in [5.74, 6) is 0.550. The maximum absolute atomic E-state index is 6.08. The van der Waals surface area contributed by atoms with Crippen molar-refractivity contribution in [2.45, 2.75) is 12.3 Å². The molecule has 1 aromatic carbocycles. The Morgan fingerprint density at radius 2 is 2.33 bits per heavy atom. The van der Waals surface area contributed by atoms with Gasteiger partial charge in [-0.25, -0.2) is 0 Å². The van der Waals surface area contributed by atoms with Crippen LogP contribution in [0.4, 0.5) is 0 Å². The van der Waals surface area contributed by atoms with E-state index in [9.17, 15) is 0 Å². The van der Waals surface area contributed by atoms with Crippen molar-refractivity contribution in [1.82, 2.24) is 15.5 Å². The smallest absolute Gasteiger partial charge is 0.111 e. The second kappa shape index (κ2) is 3.51. The van der Waals surface area contributed by atoms with Gasteiger partial charge < -0.3 is 5.32 Å². The van der Waals surface area contributed by atoms with Crippen molar-refractivity contribution in [2.75, 3.05) is 13.1 Å². The molecule has 1 aromatic heterocycles. The van der Waals surface area contributed by atoms with Crippen LogP contribution < -0.4 is 5.32 Å². The third-order valence-corrected chi connectivity index (χ3v) is 3.34. The van der Waals surface area contributed by atoms with Crippen LogP contribution in [0.5, 0.6) is 0 Å². The van der Waals surface area contributed by atoms with Gasteiger partial charge in [0.25, 0.3) is 0 Å². The monoisotopic (exact) mass is 221 g/mol. The molecule has 1 atom stereocenters. The Bertz CT molecular complexity index is 486. The zero-order valence-corrected chi connectivity index (χ0v) is 9.01. The first-order chi connectivity index (χ1) is 7.36. The number of nitrogens with zero attached hydrogens (tertiary/aromatic N) is 1. The van der Waals surface area contributed by atoms with E-state index < -0.39 is 0 Å². The van der Waals surface area contributed by atoms with Crippen molar-refractivity contribution in [1.29, 1.82) is 0 Å². The molecular weight excluding hydrogens is 210 g/mol. The maximum Gasteiger partial charge on any atom is 0.111 e. The maximum atomic E-state index is 6.08. The largest absolute Gasteiger partial charge is 0.316 e. The fraction of sp³-hybridized carbons (Fsp3) is 0.364. The highest BCUT2D eigenvalue weighted by Crippen LogP contribution is 2.30. The SMILES string of the molecule is Clc1cccc2c([C@H]3CCNC3)[nH]nc12. The first-order valence-electron chi connectivity index (χ1n) is 5.19. The van der Waals surface area contributed by atoms with Gasteiger partial charge in [-0.1, -0.05) is 23.7 Å². The summed E-state index contributed by atoms with van der Waals surface area (Å²) in [7, 11) is 0. The third-order valence-electron chi connectivity index (χ3n) is 3.03. The molecule has 78 valence electrons. The first kappa shape index (κ1) is 9.19. The highest BCUT2D eigenvalue weighted by Gasteiger charge is 2.21. The average molecular weight is 222 g/mol. The van der Waals surface area contributed by atoms with Crippen molar-refractivity contribution < 1.29 is 0 Å². The van der Waals surface area contributed by atoms with E-state index in [-0.39, 0.29) is 0 Å². The Kier molecular flexibility index (Phi) is 2.15. The highest BCUT2D eigenvalue weighted by molar-refractivity contribution is 6.35. The molecule has 1 aliphatic rings. The van der Waals surface area contributed by atoms with E-state index in [1.54, 1.807) is 0 Å². The van der Waals surface area contributed by atoms with Crippen LogP contribution in [0.3, 0.4) is 0 Å². The van der Waals surface area contributed by atoms with Crippen molar-refractivity contribution in [3.63, 3.8) is 0 Å². The van der Waals surface area contributed by atoms with Crippen LogP contribution in [0.1, 0.15) is 18.0 Å². The van der Waals surface area contributed by atoms with E-state index >= 15 is 0 Å². The summed E-state index contributed by atoms with van der Waals surface area (Å²) in [4.78, 5) is 0. The minimum atomic E-state index is 0.550. The highest BCUT2D eigenvalue weighted by atomic mass is 35.5. The van der Waals surface area contributed by atoms with Gasteiger partial charge in [-0.2, -0.15) is 5.10 Å². The zero-order valence-electron chi connectivity index (χ0n) is 8.26. The van der Waals surface area contributed by atoms with Crippen molar-refractivity contribution >= 4 is 22.5 Å². The second-order valence-corrected chi connectivity index (χ2v) is 4.37. The lowest BCUT2D eigenvalue weighted by molar-refractivity contribution is 0.734. The summed E-state index contributed by atoms with van der Waals surface area (Å²) in [5.41, 5.74) is 2.11. The van der Waals surface area contributed by atoms with Gasteiger partial charge in [0.1, 0.15) is 5.52 Å². The number of aromatic nitrogens is 2. The van der Waals surface area contributed by atoms with E-state index in [4.69, 9.17) is 11.6 Å². The predicted molar refractivity (Wildman–Crippen MR) is 61.3 cm³/mol. The molecule has 4 heteroatoms. The van der Waals surface area contributed by atoms with Crippen LogP contribution in [0.25, 0.3) is 10.9 Å². The molecule has 0 unspecified atom stereocenters. The minimum absolute atomic E-state index is 0.550. The number of hydrogen-bond acceptors (Lipinski definition) is 2. The van der Waals surface area contributed by atoms with Gasteiger partial charge in [-0.3, -0.25) is 5.10 Å². The molecule has 0 bridgehead atoms. The summed E-state index contributed by atoms with van der Waals surface area (Å²) < 4.78 is 0. The summed E-state index contributed by atoms with van der Waals surface area (Å²) in [6.07, 6.45) is 1.17. The van der Waals surface area contributed by atoms with Gasteiger partial charge in [0.05, 0.1) is 5.02 Å². The van der Waals surface area contributed by atoms with Crippen LogP contribution in [0.2, 0.25) is 5.02 Å². The minimum Gasteiger partial charge on any atom is -0.316 e. The topological polar surface area (TPSA) is 40.7 Å². The summed E-state index contributed by atoms with van der Waals surface area (Å²) >= 11 is 6.08. The number of fused-ring (bicyclic) bond motifs is 1. The Morgan fingerprint density at radius 3 is 3.13 bits per heavy atom. The standard InChI is InChI=1S/C11H12ClN3/c12-9-3-1-2-8-10(14-15-11(8)9)7-4-5-13-6-7/h1-3,7,13H,4-6H2,(H,14,15)/t7-/m0/s1. The molecule has 3 rings (SSSR count). The molecule has 2 heterocycles. The lowest BCUT2D eigenvalue weighted by Crippen LogP contribution is -2.08. The Hall–Kier alpha value is -1.06. The summed E-state index contributed by atoms with van der Waals surface area (Å²) in [6.45, 7) is 2.12. The van der Waals surface area contributed by atoms with E-state index in [0.29, 0.717) is 5.92 Å². The fourth-order valence-electron chi connectivity index (χ4n) is 2.23. The van der Waals surface area contributed by atoms with Gasteiger partial charge in [0, 0.05) is 23.5 Å². The number of hydrogen-bond donors (Lipinski definition) is 2. The quantitative estimate of drug-likeness (QED) is 0.776. The number of aromatic amines is 1. The lowest BCUT2D eigenvalue weighted by atomic mass is 10.0. The Balaban J connectivity index is 2.15. The van der Waals surface area contributed by atoms with Crippen molar-refractivity contribution in [3.8, 4) is 0 Å². The number of rotatable bonds is 1. The van der Waals surface area contributed by atoms with Crippen LogP contribution in [0, 0.1) is 0 Å². The van der Waals surface area contributed by atoms with Crippen molar-refractivity contribution in [3.05, 3.63) is 28.9 Å². The molecule has 1 saturated heterocycles.